The van der Waals surface area contributed by atoms with Crippen LogP contribution in [0.1, 0.15) is 37.3 Å². The molecule has 2 aromatic rings. The molecule has 0 spiro atoms. The predicted octanol–water partition coefficient (Wildman–Crippen LogP) is 2.77. The van der Waals surface area contributed by atoms with Crippen molar-refractivity contribution in [1.82, 2.24) is 15.5 Å². The number of amides is 1. The Kier molecular flexibility index (Phi) is 3.45. The fraction of sp³-hybridized carbons (Fsp3) is 0.400. The van der Waals surface area contributed by atoms with Crippen molar-refractivity contribution in [3.63, 3.8) is 0 Å². The van der Waals surface area contributed by atoms with Gasteiger partial charge in [0.2, 0.25) is 17.6 Å². The summed E-state index contributed by atoms with van der Waals surface area (Å²) in [5.41, 5.74) is 1.12. The maximum absolute atomic E-state index is 13.9. The third-order valence-electron chi connectivity index (χ3n) is 3.61. The molecule has 1 N–H and O–H groups in total. The number of aromatic nitrogens is 2. The number of aryl methyl sites for hydroxylation is 1. The van der Waals surface area contributed by atoms with Crippen LogP contribution < -0.4 is 5.32 Å². The lowest BCUT2D eigenvalue weighted by atomic mass is 9.94. The Labute approximate surface area is 121 Å². The number of benzene rings is 1. The van der Waals surface area contributed by atoms with Crippen molar-refractivity contribution < 1.29 is 13.7 Å². The molecule has 110 valence electrons. The first-order valence-corrected chi connectivity index (χ1v) is 6.92. The molecule has 5 nitrogen and oxygen atoms in total. The number of hydrogen-bond acceptors (Lipinski definition) is 4. The van der Waals surface area contributed by atoms with Crippen LogP contribution in [0.2, 0.25) is 0 Å². The number of carbonyl (C=O) groups excluding carboxylic acids is 1. The van der Waals surface area contributed by atoms with E-state index in [9.17, 15) is 9.18 Å². The van der Waals surface area contributed by atoms with Crippen molar-refractivity contribution in [3.05, 3.63) is 35.5 Å². The number of rotatable bonds is 2. The van der Waals surface area contributed by atoms with Gasteiger partial charge in [-0.2, -0.15) is 4.98 Å². The van der Waals surface area contributed by atoms with Crippen LogP contribution in [0.5, 0.6) is 0 Å². The molecule has 6 heteroatoms. The second kappa shape index (κ2) is 5.27. The fourth-order valence-corrected chi connectivity index (χ4v) is 2.56. The summed E-state index contributed by atoms with van der Waals surface area (Å²) in [5.74, 6) is 0.374. The summed E-state index contributed by atoms with van der Waals surface area (Å²) >= 11 is 0. The van der Waals surface area contributed by atoms with Crippen molar-refractivity contribution in [1.29, 1.82) is 0 Å². The average Bonchev–Trinajstić information content (AvgIpc) is 2.87. The third kappa shape index (κ3) is 2.79. The smallest absolute Gasteiger partial charge is 0.249 e. The Bertz CT molecular complexity index is 683. The molecule has 1 aliphatic rings. The Hall–Kier alpha value is -2.24. The SMILES string of the molecule is Cc1ccc(-c2noc([C@@H]3C[C@H](C)CC(=O)N3)n2)c(F)c1. The molecular formula is C15H16FN3O2. The van der Waals surface area contributed by atoms with Gasteiger partial charge in [-0.1, -0.05) is 18.1 Å². The monoisotopic (exact) mass is 289 g/mol. The van der Waals surface area contributed by atoms with E-state index in [4.69, 9.17) is 4.52 Å². The fourth-order valence-electron chi connectivity index (χ4n) is 2.56. The highest BCUT2D eigenvalue weighted by Crippen LogP contribution is 2.28. The topological polar surface area (TPSA) is 68.0 Å². The van der Waals surface area contributed by atoms with Gasteiger partial charge >= 0.3 is 0 Å². The highest BCUT2D eigenvalue weighted by molar-refractivity contribution is 5.77. The molecule has 1 aliphatic heterocycles. The molecule has 3 rings (SSSR count). The van der Waals surface area contributed by atoms with Crippen molar-refractivity contribution in [2.24, 2.45) is 5.92 Å². The number of nitrogens with one attached hydrogen (secondary N) is 1. The first-order valence-electron chi connectivity index (χ1n) is 6.92. The average molecular weight is 289 g/mol. The van der Waals surface area contributed by atoms with Gasteiger partial charge in [0.1, 0.15) is 11.9 Å². The van der Waals surface area contributed by atoms with Gasteiger partial charge in [-0.3, -0.25) is 4.79 Å². The summed E-state index contributed by atoms with van der Waals surface area (Å²) in [6.45, 7) is 3.82. The van der Waals surface area contributed by atoms with E-state index in [1.165, 1.54) is 6.07 Å². The van der Waals surface area contributed by atoms with Crippen LogP contribution in [0.3, 0.4) is 0 Å². The highest BCUT2D eigenvalue weighted by Gasteiger charge is 2.29. The minimum absolute atomic E-state index is 0.0278. The molecule has 1 fully saturated rings. The molecule has 21 heavy (non-hydrogen) atoms. The molecule has 0 aliphatic carbocycles. The summed E-state index contributed by atoms with van der Waals surface area (Å²) in [6, 6.07) is 4.55. The molecule has 0 saturated carbocycles. The summed E-state index contributed by atoms with van der Waals surface area (Å²) in [4.78, 5) is 15.8. The molecule has 1 aromatic heterocycles. The zero-order chi connectivity index (χ0) is 15.0. The maximum atomic E-state index is 13.9. The van der Waals surface area contributed by atoms with Gasteiger partial charge in [-0.15, -0.1) is 0 Å². The lowest BCUT2D eigenvalue weighted by Crippen LogP contribution is -2.36. The number of carbonyl (C=O) groups is 1. The molecule has 0 radical (unpaired) electrons. The van der Waals surface area contributed by atoms with Crippen molar-refractivity contribution in [2.75, 3.05) is 0 Å². The van der Waals surface area contributed by atoms with Crippen molar-refractivity contribution in [2.45, 2.75) is 32.7 Å². The van der Waals surface area contributed by atoms with E-state index in [1.807, 2.05) is 13.8 Å². The van der Waals surface area contributed by atoms with E-state index in [2.05, 4.69) is 15.5 Å². The summed E-state index contributed by atoms with van der Waals surface area (Å²) in [5, 5.41) is 6.65. The van der Waals surface area contributed by atoms with Gasteiger partial charge in [0, 0.05) is 6.42 Å². The molecule has 2 atom stereocenters. The first-order chi connectivity index (χ1) is 10.0. The van der Waals surface area contributed by atoms with Crippen LogP contribution in [0.4, 0.5) is 4.39 Å². The Morgan fingerprint density at radius 3 is 2.95 bits per heavy atom. The first kappa shape index (κ1) is 13.7. The molecule has 1 aromatic carbocycles. The van der Waals surface area contributed by atoms with Gasteiger partial charge in [0.25, 0.3) is 0 Å². The Morgan fingerprint density at radius 2 is 2.24 bits per heavy atom. The van der Waals surface area contributed by atoms with E-state index in [1.54, 1.807) is 12.1 Å². The zero-order valence-electron chi connectivity index (χ0n) is 11.9. The Morgan fingerprint density at radius 1 is 1.43 bits per heavy atom. The lowest BCUT2D eigenvalue weighted by molar-refractivity contribution is -0.124. The van der Waals surface area contributed by atoms with Gasteiger partial charge in [0.15, 0.2) is 0 Å². The lowest BCUT2D eigenvalue weighted by Gasteiger charge is -2.24. The van der Waals surface area contributed by atoms with Crippen LogP contribution in [0.25, 0.3) is 11.4 Å². The molecule has 0 bridgehead atoms. The summed E-state index contributed by atoms with van der Waals surface area (Å²) < 4.78 is 19.1. The minimum atomic E-state index is -0.386. The van der Waals surface area contributed by atoms with E-state index in [-0.39, 0.29) is 29.5 Å². The minimum Gasteiger partial charge on any atom is -0.344 e. The van der Waals surface area contributed by atoms with Gasteiger partial charge < -0.3 is 9.84 Å². The van der Waals surface area contributed by atoms with Gasteiger partial charge in [0.05, 0.1) is 5.56 Å². The number of hydrogen-bond donors (Lipinski definition) is 1. The van der Waals surface area contributed by atoms with Gasteiger partial charge in [-0.05, 0) is 37.0 Å². The molecule has 1 saturated heterocycles. The number of piperidine rings is 1. The Balaban J connectivity index is 1.87. The molecule has 1 amide bonds. The summed E-state index contributed by atoms with van der Waals surface area (Å²) in [6.07, 6.45) is 1.24. The maximum Gasteiger partial charge on any atom is 0.249 e. The highest BCUT2D eigenvalue weighted by atomic mass is 19.1. The second-order valence-corrected chi connectivity index (χ2v) is 5.60. The van der Waals surface area contributed by atoms with Crippen LogP contribution in [-0.2, 0) is 4.79 Å². The zero-order valence-corrected chi connectivity index (χ0v) is 11.9. The number of nitrogens with zero attached hydrogens (tertiary/aromatic N) is 2. The van der Waals surface area contributed by atoms with Crippen molar-refractivity contribution >= 4 is 5.91 Å². The normalized spacial score (nSPS) is 22.1. The van der Waals surface area contributed by atoms with Crippen LogP contribution in [0.15, 0.2) is 22.7 Å². The van der Waals surface area contributed by atoms with Gasteiger partial charge in [-0.25, -0.2) is 4.39 Å². The quantitative estimate of drug-likeness (QED) is 0.923. The molecule has 2 heterocycles. The van der Waals surface area contributed by atoms with Crippen molar-refractivity contribution in [3.8, 4) is 11.4 Å². The third-order valence-corrected chi connectivity index (χ3v) is 3.61. The molecular weight excluding hydrogens is 273 g/mol. The van der Waals surface area contributed by atoms with Crippen LogP contribution in [-0.4, -0.2) is 16.0 Å². The molecule has 0 unspecified atom stereocenters. The summed E-state index contributed by atoms with van der Waals surface area (Å²) in [7, 11) is 0. The second-order valence-electron chi connectivity index (χ2n) is 5.60. The van der Waals surface area contributed by atoms with Crippen LogP contribution >= 0.6 is 0 Å². The number of halogens is 1. The van der Waals surface area contributed by atoms with Crippen LogP contribution in [0, 0.1) is 18.7 Å². The predicted molar refractivity (Wildman–Crippen MR) is 73.7 cm³/mol. The van der Waals surface area contributed by atoms with E-state index < -0.39 is 0 Å². The van der Waals surface area contributed by atoms with E-state index in [0.29, 0.717) is 17.9 Å². The van der Waals surface area contributed by atoms with E-state index >= 15 is 0 Å². The largest absolute Gasteiger partial charge is 0.344 e. The van der Waals surface area contributed by atoms with E-state index in [0.717, 1.165) is 12.0 Å². The standard InChI is InChI=1S/C15H16FN3O2/c1-8-3-4-10(11(16)5-8)14-18-15(21-19-14)12-6-9(2)7-13(20)17-12/h3-5,9,12H,6-7H2,1-2H3,(H,17,20)/t9-,12-/m0/s1.